The Kier molecular flexibility index (Phi) is 5.54. The first kappa shape index (κ1) is 14.6. The summed E-state index contributed by atoms with van der Waals surface area (Å²) in [6, 6.07) is 4.06. The molecule has 1 N–H and O–H groups in total. The fourth-order valence-corrected chi connectivity index (χ4v) is 1.91. The van der Waals surface area contributed by atoms with Gasteiger partial charge < -0.3 is 9.73 Å². The van der Waals surface area contributed by atoms with Crippen LogP contribution in [0.1, 0.15) is 58.8 Å². The van der Waals surface area contributed by atoms with E-state index in [1.165, 1.54) is 0 Å². The second-order valence-corrected chi connectivity index (χ2v) is 6.12. The van der Waals surface area contributed by atoms with Crippen molar-refractivity contribution in [2.75, 3.05) is 6.54 Å². The van der Waals surface area contributed by atoms with Gasteiger partial charge in [0.15, 0.2) is 5.22 Å². The van der Waals surface area contributed by atoms with E-state index in [2.05, 4.69) is 33.0 Å². The molecule has 1 unspecified atom stereocenters. The predicted octanol–water partition coefficient (Wildman–Crippen LogP) is 4.80. The van der Waals surface area contributed by atoms with E-state index in [1.807, 2.05) is 12.1 Å². The Morgan fingerprint density at radius 2 is 2.06 bits per heavy atom. The van der Waals surface area contributed by atoms with E-state index >= 15 is 0 Å². The molecule has 1 atom stereocenters. The standard InChI is InChI=1S/C14H24ClNO/c1-5-10-16-11(8-9-14(2,3)4)12-6-7-13(15)17-12/h6-7,11,16H,5,8-10H2,1-4H3. The first-order valence-corrected chi connectivity index (χ1v) is 6.79. The van der Waals surface area contributed by atoms with Gasteiger partial charge in [-0.05, 0) is 55.0 Å². The van der Waals surface area contributed by atoms with Gasteiger partial charge in [0.05, 0.1) is 6.04 Å². The van der Waals surface area contributed by atoms with Gasteiger partial charge in [0, 0.05) is 0 Å². The number of rotatable bonds is 6. The Bertz CT molecular complexity index is 327. The first-order chi connectivity index (χ1) is 7.92. The number of furan rings is 1. The zero-order valence-electron chi connectivity index (χ0n) is 11.3. The molecule has 0 aliphatic carbocycles. The van der Waals surface area contributed by atoms with Crippen LogP contribution < -0.4 is 5.32 Å². The van der Waals surface area contributed by atoms with Crippen LogP contribution in [0.25, 0.3) is 0 Å². The lowest BCUT2D eigenvalue weighted by atomic mass is 9.88. The number of nitrogens with one attached hydrogen (secondary N) is 1. The van der Waals surface area contributed by atoms with Crippen molar-refractivity contribution >= 4 is 11.6 Å². The summed E-state index contributed by atoms with van der Waals surface area (Å²) in [7, 11) is 0. The minimum atomic E-state index is 0.279. The highest BCUT2D eigenvalue weighted by Crippen LogP contribution is 2.29. The quantitative estimate of drug-likeness (QED) is 0.792. The summed E-state index contributed by atoms with van der Waals surface area (Å²) >= 11 is 5.83. The molecule has 1 aromatic rings. The zero-order valence-corrected chi connectivity index (χ0v) is 12.1. The molecule has 2 nitrogen and oxygen atoms in total. The molecule has 0 spiro atoms. The van der Waals surface area contributed by atoms with Crippen molar-refractivity contribution in [2.24, 2.45) is 5.41 Å². The van der Waals surface area contributed by atoms with Gasteiger partial charge in [-0.1, -0.05) is 27.7 Å². The Labute approximate surface area is 110 Å². The van der Waals surface area contributed by atoms with Gasteiger partial charge in [0.2, 0.25) is 0 Å². The molecule has 0 radical (unpaired) electrons. The Morgan fingerprint density at radius 3 is 2.53 bits per heavy atom. The second-order valence-electron chi connectivity index (χ2n) is 5.75. The number of hydrogen-bond donors (Lipinski definition) is 1. The van der Waals surface area contributed by atoms with Gasteiger partial charge in [0.1, 0.15) is 5.76 Å². The van der Waals surface area contributed by atoms with Crippen molar-refractivity contribution in [3.05, 3.63) is 23.1 Å². The minimum absolute atomic E-state index is 0.279. The maximum absolute atomic E-state index is 5.83. The summed E-state index contributed by atoms with van der Waals surface area (Å²) < 4.78 is 5.51. The highest BCUT2D eigenvalue weighted by Gasteiger charge is 2.18. The Morgan fingerprint density at radius 1 is 1.35 bits per heavy atom. The molecular weight excluding hydrogens is 234 g/mol. The van der Waals surface area contributed by atoms with Crippen molar-refractivity contribution < 1.29 is 4.42 Å². The van der Waals surface area contributed by atoms with Gasteiger partial charge >= 0.3 is 0 Å². The van der Waals surface area contributed by atoms with Crippen LogP contribution in [0, 0.1) is 5.41 Å². The summed E-state index contributed by atoms with van der Waals surface area (Å²) in [4.78, 5) is 0. The highest BCUT2D eigenvalue weighted by molar-refractivity contribution is 6.28. The van der Waals surface area contributed by atoms with Crippen LogP contribution in [0.4, 0.5) is 0 Å². The molecule has 0 bridgehead atoms. The topological polar surface area (TPSA) is 25.2 Å². The van der Waals surface area contributed by atoms with Crippen molar-refractivity contribution in [1.29, 1.82) is 0 Å². The van der Waals surface area contributed by atoms with Crippen molar-refractivity contribution in [1.82, 2.24) is 5.32 Å². The van der Waals surface area contributed by atoms with E-state index < -0.39 is 0 Å². The number of halogens is 1. The summed E-state index contributed by atoms with van der Waals surface area (Å²) in [5.41, 5.74) is 0.350. The average molecular weight is 258 g/mol. The van der Waals surface area contributed by atoms with E-state index in [0.717, 1.165) is 31.6 Å². The molecule has 0 aliphatic heterocycles. The third-order valence-corrected chi connectivity index (χ3v) is 2.96. The van der Waals surface area contributed by atoms with Crippen LogP contribution in [-0.4, -0.2) is 6.54 Å². The fraction of sp³-hybridized carbons (Fsp3) is 0.714. The molecule has 17 heavy (non-hydrogen) atoms. The van der Waals surface area contributed by atoms with Crippen LogP contribution in [0.3, 0.4) is 0 Å². The van der Waals surface area contributed by atoms with Gasteiger partial charge in [-0.25, -0.2) is 0 Å². The molecule has 0 aliphatic rings. The van der Waals surface area contributed by atoms with E-state index in [4.69, 9.17) is 16.0 Å². The molecular formula is C14H24ClNO. The van der Waals surface area contributed by atoms with Crippen molar-refractivity contribution in [3.8, 4) is 0 Å². The largest absolute Gasteiger partial charge is 0.448 e. The normalized spacial score (nSPS) is 13.9. The minimum Gasteiger partial charge on any atom is -0.448 e. The highest BCUT2D eigenvalue weighted by atomic mass is 35.5. The second kappa shape index (κ2) is 6.46. The van der Waals surface area contributed by atoms with Crippen molar-refractivity contribution in [2.45, 2.75) is 53.0 Å². The average Bonchev–Trinajstić information content (AvgIpc) is 2.63. The summed E-state index contributed by atoms with van der Waals surface area (Å²) in [5.74, 6) is 0.952. The molecule has 0 saturated carbocycles. The maximum atomic E-state index is 5.83. The van der Waals surface area contributed by atoms with Crippen LogP contribution >= 0.6 is 11.6 Å². The SMILES string of the molecule is CCCNC(CCC(C)(C)C)c1ccc(Cl)o1. The van der Waals surface area contributed by atoms with Crippen LogP contribution in [0.2, 0.25) is 5.22 Å². The van der Waals surface area contributed by atoms with E-state index in [9.17, 15) is 0 Å². The van der Waals surface area contributed by atoms with Gasteiger partial charge in [-0.2, -0.15) is 0 Å². The molecule has 1 rings (SSSR count). The molecule has 1 aromatic heterocycles. The fourth-order valence-electron chi connectivity index (χ4n) is 1.76. The summed E-state index contributed by atoms with van der Waals surface area (Å²) in [6.45, 7) is 9.97. The van der Waals surface area contributed by atoms with Gasteiger partial charge in [0.25, 0.3) is 0 Å². The van der Waals surface area contributed by atoms with Gasteiger partial charge in [-0.15, -0.1) is 0 Å². The summed E-state index contributed by atoms with van der Waals surface area (Å²) in [5, 5.41) is 3.99. The van der Waals surface area contributed by atoms with Crippen LogP contribution in [0.5, 0.6) is 0 Å². The zero-order chi connectivity index (χ0) is 12.9. The molecule has 0 amide bonds. The third-order valence-electron chi connectivity index (χ3n) is 2.76. The lowest BCUT2D eigenvalue weighted by Crippen LogP contribution is -2.23. The molecule has 0 saturated heterocycles. The van der Waals surface area contributed by atoms with E-state index in [-0.39, 0.29) is 6.04 Å². The Balaban J connectivity index is 2.60. The lowest BCUT2D eigenvalue weighted by Gasteiger charge is -2.22. The predicted molar refractivity (Wildman–Crippen MR) is 73.4 cm³/mol. The molecule has 3 heteroatoms. The summed E-state index contributed by atoms with van der Waals surface area (Å²) in [6.07, 6.45) is 3.36. The molecule has 98 valence electrons. The van der Waals surface area contributed by atoms with Crippen LogP contribution in [-0.2, 0) is 0 Å². The van der Waals surface area contributed by atoms with E-state index in [0.29, 0.717) is 10.6 Å². The van der Waals surface area contributed by atoms with Gasteiger partial charge in [-0.3, -0.25) is 0 Å². The lowest BCUT2D eigenvalue weighted by molar-refractivity contribution is 0.311. The van der Waals surface area contributed by atoms with E-state index in [1.54, 1.807) is 0 Å². The first-order valence-electron chi connectivity index (χ1n) is 6.41. The van der Waals surface area contributed by atoms with Crippen LogP contribution in [0.15, 0.2) is 16.5 Å². The maximum Gasteiger partial charge on any atom is 0.193 e. The number of hydrogen-bond acceptors (Lipinski definition) is 2. The smallest absolute Gasteiger partial charge is 0.193 e. The Hall–Kier alpha value is -0.470. The monoisotopic (exact) mass is 257 g/mol. The third kappa shape index (κ3) is 5.60. The van der Waals surface area contributed by atoms with Crippen molar-refractivity contribution in [3.63, 3.8) is 0 Å². The molecule has 0 aromatic carbocycles. The molecule has 1 heterocycles. The molecule has 0 fully saturated rings.